The third-order valence-electron chi connectivity index (χ3n) is 5.13. The van der Waals surface area contributed by atoms with E-state index in [4.69, 9.17) is 0 Å². The monoisotopic (exact) mass is 443 g/mol. The normalized spacial score (nSPS) is 15.3. The summed E-state index contributed by atoms with van der Waals surface area (Å²) in [5.41, 5.74) is 4.82. The van der Waals surface area contributed by atoms with Crippen LogP contribution in [0.15, 0.2) is 81.9 Å². The van der Waals surface area contributed by atoms with Crippen LogP contribution in [0.5, 0.6) is 5.75 Å². The van der Waals surface area contributed by atoms with Gasteiger partial charge in [0.25, 0.3) is 11.1 Å². The van der Waals surface area contributed by atoms with Crippen LogP contribution >= 0.6 is 11.8 Å². The van der Waals surface area contributed by atoms with Crippen LogP contribution in [0.1, 0.15) is 22.3 Å². The van der Waals surface area contributed by atoms with Crippen LogP contribution in [0.4, 0.5) is 16.2 Å². The second-order valence-corrected chi connectivity index (χ2v) is 8.46. The lowest BCUT2D eigenvalue weighted by molar-refractivity contribution is -0.123. The highest BCUT2D eigenvalue weighted by Gasteiger charge is 2.35. The van der Waals surface area contributed by atoms with Crippen molar-refractivity contribution in [3.05, 3.63) is 93.9 Å². The molecule has 32 heavy (non-hydrogen) atoms. The Balaban J connectivity index is 1.56. The van der Waals surface area contributed by atoms with Gasteiger partial charge in [-0.3, -0.25) is 14.5 Å². The van der Waals surface area contributed by atoms with Crippen LogP contribution in [-0.2, 0) is 11.3 Å². The van der Waals surface area contributed by atoms with E-state index in [-0.39, 0.29) is 28.3 Å². The first-order valence-corrected chi connectivity index (χ1v) is 10.8. The lowest BCUT2D eigenvalue weighted by Crippen LogP contribution is -2.27. The molecular weight excluding hydrogens is 422 g/mol. The van der Waals surface area contributed by atoms with E-state index in [9.17, 15) is 14.7 Å². The molecule has 0 saturated carbocycles. The van der Waals surface area contributed by atoms with Gasteiger partial charge in [0.15, 0.2) is 0 Å². The van der Waals surface area contributed by atoms with Crippen LogP contribution in [-0.4, -0.2) is 21.2 Å². The number of aryl methyl sites for hydroxylation is 2. The third kappa shape index (κ3) is 4.78. The van der Waals surface area contributed by atoms with E-state index in [1.807, 2.05) is 62.4 Å². The van der Waals surface area contributed by atoms with Gasteiger partial charge < -0.3 is 5.11 Å². The Kier molecular flexibility index (Phi) is 6.18. The van der Waals surface area contributed by atoms with E-state index in [1.165, 1.54) is 22.6 Å². The van der Waals surface area contributed by atoms with Crippen molar-refractivity contribution in [3.8, 4) is 5.75 Å². The Labute approximate surface area is 190 Å². The fraction of sp³-hybridized carbons (Fsp3) is 0.120. The second kappa shape index (κ2) is 9.20. The van der Waals surface area contributed by atoms with Gasteiger partial charge in [0.1, 0.15) is 5.75 Å². The molecule has 0 bridgehead atoms. The number of carbonyl (C=O) groups is 2. The van der Waals surface area contributed by atoms with E-state index in [0.717, 1.165) is 28.6 Å². The van der Waals surface area contributed by atoms with Gasteiger partial charge in [-0.2, -0.15) is 10.2 Å². The first-order chi connectivity index (χ1) is 15.4. The molecule has 1 fully saturated rings. The maximum atomic E-state index is 12.8. The highest BCUT2D eigenvalue weighted by Crippen LogP contribution is 2.35. The number of hydrogen-bond donors (Lipinski definition) is 1. The van der Waals surface area contributed by atoms with Crippen molar-refractivity contribution >= 4 is 40.4 Å². The van der Waals surface area contributed by atoms with E-state index >= 15 is 0 Å². The van der Waals surface area contributed by atoms with Crippen molar-refractivity contribution < 1.29 is 14.7 Å². The quantitative estimate of drug-likeness (QED) is 0.353. The number of azo groups is 1. The van der Waals surface area contributed by atoms with Crippen molar-refractivity contribution in [2.75, 3.05) is 0 Å². The minimum Gasteiger partial charge on any atom is -0.507 e. The van der Waals surface area contributed by atoms with E-state index in [1.54, 1.807) is 12.1 Å². The Morgan fingerprint density at radius 2 is 1.59 bits per heavy atom. The molecule has 7 heteroatoms. The number of nitrogens with zero attached hydrogens (tertiary/aromatic N) is 3. The molecule has 1 aliphatic rings. The molecule has 0 unspecified atom stereocenters. The zero-order valence-corrected chi connectivity index (χ0v) is 18.5. The summed E-state index contributed by atoms with van der Waals surface area (Å²) in [5.74, 6) is -0.393. The molecule has 3 aromatic carbocycles. The summed E-state index contributed by atoms with van der Waals surface area (Å²) in [6.45, 7) is 4.25. The molecule has 1 aliphatic heterocycles. The first kappa shape index (κ1) is 21.5. The molecule has 0 spiro atoms. The molecule has 0 aromatic heterocycles. The van der Waals surface area contributed by atoms with Gasteiger partial charge in [-0.05, 0) is 78.7 Å². The summed E-state index contributed by atoms with van der Waals surface area (Å²) in [6.07, 6.45) is 1.51. The molecule has 6 nitrogen and oxygen atoms in total. The van der Waals surface area contributed by atoms with E-state index in [0.29, 0.717) is 11.3 Å². The van der Waals surface area contributed by atoms with Crippen molar-refractivity contribution in [2.24, 2.45) is 10.2 Å². The van der Waals surface area contributed by atoms with Gasteiger partial charge in [-0.1, -0.05) is 36.4 Å². The highest BCUT2D eigenvalue weighted by molar-refractivity contribution is 8.18. The number of hydrogen-bond acceptors (Lipinski definition) is 6. The maximum Gasteiger partial charge on any atom is 0.293 e. The number of phenols is 1. The molecule has 1 N–H and O–H groups in total. The van der Waals surface area contributed by atoms with Crippen molar-refractivity contribution in [2.45, 2.75) is 20.4 Å². The molecule has 0 atom stereocenters. The smallest absolute Gasteiger partial charge is 0.293 e. The Bertz CT molecular complexity index is 1250. The number of amides is 2. The van der Waals surface area contributed by atoms with Crippen LogP contribution in [0, 0.1) is 13.8 Å². The molecule has 3 aromatic rings. The minimum atomic E-state index is -0.384. The van der Waals surface area contributed by atoms with Gasteiger partial charge in [0.05, 0.1) is 22.8 Å². The van der Waals surface area contributed by atoms with Crippen LogP contribution in [0.2, 0.25) is 0 Å². The molecule has 0 radical (unpaired) electrons. The van der Waals surface area contributed by atoms with Gasteiger partial charge in [0, 0.05) is 5.56 Å². The fourth-order valence-electron chi connectivity index (χ4n) is 3.17. The Morgan fingerprint density at radius 1 is 0.906 bits per heavy atom. The topological polar surface area (TPSA) is 82.3 Å². The van der Waals surface area contributed by atoms with Gasteiger partial charge in [0.2, 0.25) is 0 Å². The SMILES string of the molecule is Cc1ccc(N=Nc2ccc(O)c(/C=C3\SC(=O)N(Cc4ccccc4)C3=O)c2)cc1C. The Morgan fingerprint density at radius 3 is 2.31 bits per heavy atom. The average molecular weight is 444 g/mol. The number of phenolic OH excluding ortho intramolecular Hbond substituents is 1. The zero-order chi connectivity index (χ0) is 22.7. The van der Waals surface area contributed by atoms with Crippen LogP contribution < -0.4 is 0 Å². The van der Waals surface area contributed by atoms with Gasteiger partial charge in [-0.25, -0.2) is 0 Å². The van der Waals surface area contributed by atoms with Crippen LogP contribution in [0.3, 0.4) is 0 Å². The molecule has 0 aliphatic carbocycles. The van der Waals surface area contributed by atoms with Crippen molar-refractivity contribution in [3.63, 3.8) is 0 Å². The summed E-state index contributed by atoms with van der Waals surface area (Å²) in [7, 11) is 0. The van der Waals surface area contributed by atoms with Gasteiger partial charge >= 0.3 is 0 Å². The number of thioether (sulfide) groups is 1. The molecule has 1 heterocycles. The Hall–Kier alpha value is -3.71. The predicted molar refractivity (Wildman–Crippen MR) is 126 cm³/mol. The number of imide groups is 1. The summed E-state index contributed by atoms with van der Waals surface area (Å²) >= 11 is 0.857. The zero-order valence-electron chi connectivity index (χ0n) is 17.6. The van der Waals surface area contributed by atoms with Crippen molar-refractivity contribution in [1.82, 2.24) is 4.90 Å². The summed E-state index contributed by atoms with van der Waals surface area (Å²) in [6, 6.07) is 19.9. The lowest BCUT2D eigenvalue weighted by atomic mass is 10.1. The number of rotatable bonds is 5. The standard InChI is InChI=1S/C25H21N3O3S/c1-16-8-9-20(12-17(16)2)26-27-21-10-11-22(29)19(13-21)14-23-24(30)28(25(31)32-23)15-18-6-4-3-5-7-18/h3-14,29H,15H2,1-2H3/b23-14-,27-26?. The molecule has 2 amide bonds. The largest absolute Gasteiger partial charge is 0.507 e. The summed E-state index contributed by atoms with van der Waals surface area (Å²) < 4.78 is 0. The second-order valence-electron chi connectivity index (χ2n) is 7.47. The fourth-order valence-corrected chi connectivity index (χ4v) is 4.00. The van der Waals surface area contributed by atoms with E-state index in [2.05, 4.69) is 10.2 Å². The first-order valence-electron chi connectivity index (χ1n) is 10.0. The maximum absolute atomic E-state index is 12.8. The van der Waals surface area contributed by atoms with Gasteiger partial charge in [-0.15, -0.1) is 0 Å². The highest BCUT2D eigenvalue weighted by atomic mass is 32.2. The number of aromatic hydroxyl groups is 1. The van der Waals surface area contributed by atoms with Crippen molar-refractivity contribution in [1.29, 1.82) is 0 Å². The average Bonchev–Trinajstić information content (AvgIpc) is 3.04. The summed E-state index contributed by atoms with van der Waals surface area (Å²) in [5, 5.41) is 18.4. The minimum absolute atomic E-state index is 0.00927. The summed E-state index contributed by atoms with van der Waals surface area (Å²) in [4.78, 5) is 26.6. The van der Waals surface area contributed by atoms with Crippen LogP contribution in [0.25, 0.3) is 6.08 Å². The molecule has 4 rings (SSSR count). The van der Waals surface area contributed by atoms with E-state index < -0.39 is 0 Å². The number of carbonyl (C=O) groups excluding carboxylic acids is 2. The molecule has 160 valence electrons. The number of benzene rings is 3. The lowest BCUT2D eigenvalue weighted by Gasteiger charge is -2.12. The third-order valence-corrected chi connectivity index (χ3v) is 6.03. The molecular formula is C25H21N3O3S. The predicted octanol–water partition coefficient (Wildman–Crippen LogP) is 6.66. The molecule has 1 saturated heterocycles.